The number of fused-ring (bicyclic) bond motifs is 2. The quantitative estimate of drug-likeness (QED) is 0.556. The number of hydrogen-bond acceptors (Lipinski definition) is 6. The molecular formula is C25H28ClN3O4. The Balaban J connectivity index is 1.18. The summed E-state index contributed by atoms with van der Waals surface area (Å²) in [7, 11) is 3.28. The minimum atomic E-state index is 0.172. The van der Waals surface area contributed by atoms with Crippen LogP contribution in [0, 0.1) is 0 Å². The van der Waals surface area contributed by atoms with E-state index in [4.69, 9.17) is 25.5 Å². The third kappa shape index (κ3) is 4.52. The summed E-state index contributed by atoms with van der Waals surface area (Å²) in [6.07, 6.45) is 2.67. The SMILES string of the molecule is COc1cc2c(cc1OC)CN(C(=O)CN1CCC(c3nc4cc(Cl)ccc4o3)CC1)CC2. The van der Waals surface area contributed by atoms with Gasteiger partial charge in [0.2, 0.25) is 5.91 Å². The summed E-state index contributed by atoms with van der Waals surface area (Å²) < 4.78 is 16.8. The smallest absolute Gasteiger partial charge is 0.237 e. The van der Waals surface area contributed by atoms with Crippen LogP contribution >= 0.6 is 11.6 Å². The second-order valence-corrected chi connectivity index (χ2v) is 9.19. The van der Waals surface area contributed by atoms with E-state index in [9.17, 15) is 4.79 Å². The van der Waals surface area contributed by atoms with Crippen LogP contribution in [0.3, 0.4) is 0 Å². The van der Waals surface area contributed by atoms with Crippen LogP contribution in [0.2, 0.25) is 5.02 Å². The number of nitrogens with zero attached hydrogens (tertiary/aromatic N) is 3. The van der Waals surface area contributed by atoms with E-state index >= 15 is 0 Å². The molecule has 2 aromatic carbocycles. The van der Waals surface area contributed by atoms with Gasteiger partial charge in [0.05, 0.1) is 20.8 Å². The maximum absolute atomic E-state index is 13.0. The van der Waals surface area contributed by atoms with E-state index in [0.717, 1.165) is 67.2 Å². The Morgan fingerprint density at radius 2 is 1.82 bits per heavy atom. The lowest BCUT2D eigenvalue weighted by molar-refractivity contribution is -0.133. The highest BCUT2D eigenvalue weighted by Crippen LogP contribution is 2.34. The van der Waals surface area contributed by atoms with Gasteiger partial charge in [-0.05, 0) is 73.8 Å². The summed E-state index contributed by atoms with van der Waals surface area (Å²) in [4.78, 5) is 21.9. The summed E-state index contributed by atoms with van der Waals surface area (Å²) in [5, 5.41) is 0.661. The zero-order valence-electron chi connectivity index (χ0n) is 19.0. The van der Waals surface area contributed by atoms with Gasteiger partial charge in [0.15, 0.2) is 23.0 Å². The Labute approximate surface area is 198 Å². The van der Waals surface area contributed by atoms with Crippen molar-refractivity contribution in [2.45, 2.75) is 31.7 Å². The van der Waals surface area contributed by atoms with Gasteiger partial charge in [0.1, 0.15) is 5.52 Å². The molecule has 33 heavy (non-hydrogen) atoms. The number of amides is 1. The number of likely N-dealkylation sites (tertiary alicyclic amines) is 1. The van der Waals surface area contributed by atoms with Gasteiger partial charge in [-0.1, -0.05) is 11.6 Å². The maximum atomic E-state index is 13.0. The van der Waals surface area contributed by atoms with Crippen LogP contribution in [-0.4, -0.2) is 61.1 Å². The second-order valence-electron chi connectivity index (χ2n) is 8.76. The van der Waals surface area contributed by atoms with Gasteiger partial charge in [-0.15, -0.1) is 0 Å². The van der Waals surface area contributed by atoms with E-state index < -0.39 is 0 Å². The number of hydrogen-bond donors (Lipinski definition) is 0. The summed E-state index contributed by atoms with van der Waals surface area (Å²) in [6.45, 7) is 3.48. The first-order chi connectivity index (χ1) is 16.0. The fraction of sp³-hybridized carbons (Fsp3) is 0.440. The van der Waals surface area contributed by atoms with Crippen molar-refractivity contribution in [3.05, 3.63) is 52.4 Å². The van der Waals surface area contributed by atoms with Crippen LogP contribution in [-0.2, 0) is 17.8 Å². The summed E-state index contributed by atoms with van der Waals surface area (Å²) in [6, 6.07) is 9.54. The van der Waals surface area contributed by atoms with Gasteiger partial charge < -0.3 is 18.8 Å². The predicted molar refractivity (Wildman–Crippen MR) is 126 cm³/mol. The molecule has 0 atom stereocenters. The van der Waals surface area contributed by atoms with Gasteiger partial charge in [-0.25, -0.2) is 4.98 Å². The topological polar surface area (TPSA) is 68.0 Å². The zero-order valence-corrected chi connectivity index (χ0v) is 19.7. The maximum Gasteiger partial charge on any atom is 0.237 e. The molecule has 0 saturated carbocycles. The number of aromatic nitrogens is 1. The number of ether oxygens (including phenoxy) is 2. The largest absolute Gasteiger partial charge is 0.493 e. The normalized spacial score (nSPS) is 17.2. The first kappa shape index (κ1) is 22.0. The Morgan fingerprint density at radius 3 is 2.55 bits per heavy atom. The van der Waals surface area contributed by atoms with Crippen LogP contribution < -0.4 is 9.47 Å². The minimum absolute atomic E-state index is 0.172. The molecule has 1 saturated heterocycles. The fourth-order valence-corrected chi connectivity index (χ4v) is 4.98. The molecule has 0 spiro atoms. The zero-order chi connectivity index (χ0) is 22.9. The molecule has 0 bridgehead atoms. The van der Waals surface area contributed by atoms with Crippen LogP contribution in [0.25, 0.3) is 11.1 Å². The van der Waals surface area contributed by atoms with Gasteiger partial charge in [-0.3, -0.25) is 9.69 Å². The Hall–Kier alpha value is -2.77. The van der Waals surface area contributed by atoms with Crippen molar-refractivity contribution < 1.29 is 18.7 Å². The average Bonchev–Trinajstić information content (AvgIpc) is 3.26. The van der Waals surface area contributed by atoms with Crippen molar-refractivity contribution in [2.24, 2.45) is 0 Å². The van der Waals surface area contributed by atoms with Crippen molar-refractivity contribution in [3.8, 4) is 11.5 Å². The van der Waals surface area contributed by atoms with Crippen LogP contribution in [0.1, 0.15) is 35.8 Å². The Kier molecular flexibility index (Phi) is 6.17. The molecule has 5 rings (SSSR count). The number of carbonyl (C=O) groups excluding carboxylic acids is 1. The molecule has 8 heteroatoms. The van der Waals surface area contributed by atoms with Gasteiger partial charge >= 0.3 is 0 Å². The van der Waals surface area contributed by atoms with E-state index in [1.165, 1.54) is 5.56 Å². The van der Waals surface area contributed by atoms with Crippen molar-refractivity contribution in [1.82, 2.24) is 14.8 Å². The Morgan fingerprint density at radius 1 is 1.09 bits per heavy atom. The summed E-state index contributed by atoms with van der Waals surface area (Å²) in [5.74, 6) is 2.66. The first-order valence-corrected chi connectivity index (χ1v) is 11.7. The number of methoxy groups -OCH3 is 2. The van der Waals surface area contributed by atoms with Crippen molar-refractivity contribution in [3.63, 3.8) is 0 Å². The van der Waals surface area contributed by atoms with E-state index in [-0.39, 0.29) is 11.8 Å². The number of carbonyl (C=O) groups is 1. The lowest BCUT2D eigenvalue weighted by Crippen LogP contribution is -2.44. The third-order valence-electron chi connectivity index (χ3n) is 6.73. The number of piperidine rings is 1. The molecule has 174 valence electrons. The lowest BCUT2D eigenvalue weighted by atomic mass is 9.96. The number of oxazole rings is 1. The summed E-state index contributed by atoms with van der Waals surface area (Å²) in [5.41, 5.74) is 3.92. The standard InChI is InChI=1S/C25H28ClN3O4/c1-31-22-11-17-7-10-29(14-18(17)12-23(22)32-2)24(30)15-28-8-5-16(6-9-28)25-27-20-13-19(26)3-4-21(20)33-25/h3-4,11-13,16H,5-10,14-15H2,1-2H3. The molecule has 0 unspecified atom stereocenters. The highest BCUT2D eigenvalue weighted by Gasteiger charge is 2.28. The predicted octanol–water partition coefficient (Wildman–Crippen LogP) is 4.26. The van der Waals surface area contributed by atoms with E-state index in [1.54, 1.807) is 14.2 Å². The first-order valence-electron chi connectivity index (χ1n) is 11.3. The van der Waals surface area contributed by atoms with Crippen LogP contribution in [0.4, 0.5) is 0 Å². The molecular weight excluding hydrogens is 442 g/mol. The van der Waals surface area contributed by atoms with Crippen molar-refractivity contribution >= 4 is 28.6 Å². The molecule has 3 heterocycles. The molecule has 0 N–H and O–H groups in total. The average molecular weight is 470 g/mol. The van der Waals surface area contributed by atoms with Gasteiger partial charge in [0.25, 0.3) is 0 Å². The lowest BCUT2D eigenvalue weighted by Gasteiger charge is -2.34. The van der Waals surface area contributed by atoms with E-state index in [1.807, 2.05) is 35.2 Å². The monoisotopic (exact) mass is 469 g/mol. The third-order valence-corrected chi connectivity index (χ3v) is 6.97. The summed E-state index contributed by atoms with van der Waals surface area (Å²) >= 11 is 6.07. The Bertz CT molecular complexity index is 1170. The van der Waals surface area contributed by atoms with E-state index in [0.29, 0.717) is 23.9 Å². The molecule has 2 aliphatic heterocycles. The molecule has 1 aromatic heterocycles. The highest BCUT2D eigenvalue weighted by atomic mass is 35.5. The van der Waals surface area contributed by atoms with Crippen LogP contribution in [0.15, 0.2) is 34.7 Å². The fourth-order valence-electron chi connectivity index (χ4n) is 4.82. The van der Waals surface area contributed by atoms with E-state index in [2.05, 4.69) is 9.88 Å². The van der Waals surface area contributed by atoms with Crippen molar-refractivity contribution in [2.75, 3.05) is 40.4 Å². The number of halogens is 1. The molecule has 2 aliphatic rings. The molecule has 1 fully saturated rings. The number of benzene rings is 2. The highest BCUT2D eigenvalue weighted by molar-refractivity contribution is 6.31. The van der Waals surface area contributed by atoms with Crippen LogP contribution in [0.5, 0.6) is 11.5 Å². The molecule has 3 aromatic rings. The second kappa shape index (κ2) is 9.23. The van der Waals surface area contributed by atoms with Crippen molar-refractivity contribution in [1.29, 1.82) is 0 Å². The molecule has 0 aliphatic carbocycles. The van der Waals surface area contributed by atoms with Gasteiger partial charge in [0, 0.05) is 24.0 Å². The molecule has 1 amide bonds. The molecule has 0 radical (unpaired) electrons. The minimum Gasteiger partial charge on any atom is -0.493 e. The van der Waals surface area contributed by atoms with Gasteiger partial charge in [-0.2, -0.15) is 0 Å². The molecule has 7 nitrogen and oxygen atoms in total. The number of rotatable bonds is 5.